The Bertz CT molecular complexity index is 652. The fraction of sp³-hybridized carbons (Fsp3) is 0.400. The Morgan fingerprint density at radius 1 is 0.913 bits per heavy atom. The Labute approximate surface area is 142 Å². The number of benzene rings is 2. The first kappa shape index (κ1) is 18.0. The zero-order valence-electron chi connectivity index (χ0n) is 15.3. The molecule has 0 amide bonds. The molecule has 0 aromatic heterocycles. The number of nitrogens with zero attached hydrogens (tertiary/aromatic N) is 2. The number of hydrogen-bond acceptors (Lipinski definition) is 2. The molecule has 124 valence electrons. The van der Waals surface area contributed by atoms with Gasteiger partial charge >= 0.3 is 0 Å². The summed E-state index contributed by atoms with van der Waals surface area (Å²) in [5, 5.41) is 2.89. The van der Waals surface area contributed by atoms with Crippen molar-refractivity contribution in [3.05, 3.63) is 53.6 Å². The van der Waals surface area contributed by atoms with Crippen LogP contribution in [0.5, 0.6) is 0 Å². The number of rotatable bonds is 6. The minimum atomic E-state index is -0.512. The lowest BCUT2D eigenvalue weighted by Crippen LogP contribution is -2.29. The summed E-state index contributed by atoms with van der Waals surface area (Å²) in [6.07, 6.45) is 1.17. The zero-order valence-corrected chi connectivity index (χ0v) is 16.2. The van der Waals surface area contributed by atoms with Gasteiger partial charge < -0.3 is 4.90 Å². The summed E-state index contributed by atoms with van der Waals surface area (Å²) in [6.45, 7) is 7.73. The predicted molar refractivity (Wildman–Crippen MR) is 106 cm³/mol. The van der Waals surface area contributed by atoms with Gasteiger partial charge in [0, 0.05) is 39.7 Å². The normalized spacial score (nSPS) is 12.5. The SMILES string of the molecule is CCCN(C)P(c1cccc(C)c1)c1cc(C)ccc1N(C)C. The number of hydrogen-bond donors (Lipinski definition) is 0. The van der Waals surface area contributed by atoms with Crippen molar-refractivity contribution in [1.82, 2.24) is 4.67 Å². The van der Waals surface area contributed by atoms with Crippen LogP contribution in [0.1, 0.15) is 24.5 Å². The fourth-order valence-corrected chi connectivity index (χ4v) is 5.70. The van der Waals surface area contributed by atoms with Crippen LogP contribution in [0.25, 0.3) is 0 Å². The molecule has 0 radical (unpaired) electrons. The van der Waals surface area contributed by atoms with Gasteiger partial charge in [-0.1, -0.05) is 42.3 Å². The van der Waals surface area contributed by atoms with Gasteiger partial charge in [-0.05, 0) is 50.8 Å². The van der Waals surface area contributed by atoms with Crippen molar-refractivity contribution in [2.45, 2.75) is 27.2 Å². The average molecular weight is 328 g/mol. The van der Waals surface area contributed by atoms with Crippen LogP contribution in [-0.4, -0.2) is 32.4 Å². The molecule has 1 unspecified atom stereocenters. The van der Waals surface area contributed by atoms with Gasteiger partial charge in [-0.15, -0.1) is 0 Å². The van der Waals surface area contributed by atoms with Gasteiger partial charge in [0.15, 0.2) is 0 Å². The third-order valence-corrected chi connectivity index (χ3v) is 6.44. The average Bonchev–Trinajstić information content (AvgIpc) is 2.47. The lowest BCUT2D eigenvalue weighted by Gasteiger charge is -2.32. The van der Waals surface area contributed by atoms with Crippen molar-refractivity contribution < 1.29 is 0 Å². The van der Waals surface area contributed by atoms with Crippen LogP contribution < -0.4 is 15.5 Å². The van der Waals surface area contributed by atoms with Crippen molar-refractivity contribution >= 4 is 24.4 Å². The van der Waals surface area contributed by atoms with E-state index < -0.39 is 8.07 Å². The van der Waals surface area contributed by atoms with Gasteiger partial charge in [-0.25, -0.2) is 0 Å². The van der Waals surface area contributed by atoms with E-state index in [1.807, 2.05) is 0 Å². The van der Waals surface area contributed by atoms with Crippen LogP contribution in [0, 0.1) is 13.8 Å². The van der Waals surface area contributed by atoms with Crippen LogP contribution in [-0.2, 0) is 0 Å². The fourth-order valence-electron chi connectivity index (χ4n) is 2.88. The van der Waals surface area contributed by atoms with Crippen LogP contribution in [0.2, 0.25) is 0 Å². The Kier molecular flexibility index (Phi) is 6.21. The maximum Gasteiger partial charge on any atom is 0.0455 e. The second-order valence-corrected chi connectivity index (χ2v) is 8.72. The van der Waals surface area contributed by atoms with Crippen LogP contribution >= 0.6 is 8.07 Å². The summed E-state index contributed by atoms with van der Waals surface area (Å²) in [6, 6.07) is 15.8. The number of aryl methyl sites for hydroxylation is 2. The summed E-state index contributed by atoms with van der Waals surface area (Å²) in [4.78, 5) is 2.24. The van der Waals surface area contributed by atoms with Crippen molar-refractivity contribution in [3.8, 4) is 0 Å². The van der Waals surface area contributed by atoms with Gasteiger partial charge in [0.1, 0.15) is 0 Å². The van der Waals surface area contributed by atoms with Gasteiger partial charge in [0.25, 0.3) is 0 Å². The Morgan fingerprint density at radius 2 is 1.61 bits per heavy atom. The molecule has 2 aromatic carbocycles. The molecular weight excluding hydrogens is 299 g/mol. The first-order chi connectivity index (χ1) is 10.9. The molecule has 2 aromatic rings. The molecule has 3 heteroatoms. The molecule has 0 spiro atoms. The van der Waals surface area contributed by atoms with E-state index in [2.05, 4.69) is 93.9 Å². The second kappa shape index (κ2) is 7.95. The van der Waals surface area contributed by atoms with E-state index in [0.717, 1.165) is 6.54 Å². The Morgan fingerprint density at radius 3 is 2.22 bits per heavy atom. The van der Waals surface area contributed by atoms with E-state index in [0.29, 0.717) is 0 Å². The molecule has 0 aliphatic carbocycles. The van der Waals surface area contributed by atoms with Gasteiger partial charge in [-0.3, -0.25) is 4.67 Å². The molecule has 0 aliphatic heterocycles. The van der Waals surface area contributed by atoms with Crippen molar-refractivity contribution in [1.29, 1.82) is 0 Å². The van der Waals surface area contributed by atoms with E-state index in [1.165, 1.54) is 33.8 Å². The van der Waals surface area contributed by atoms with Gasteiger partial charge in [0.2, 0.25) is 0 Å². The minimum absolute atomic E-state index is 0.512. The van der Waals surface area contributed by atoms with Crippen LogP contribution in [0.3, 0.4) is 0 Å². The third-order valence-electron chi connectivity index (χ3n) is 3.98. The first-order valence-corrected chi connectivity index (χ1v) is 9.59. The highest BCUT2D eigenvalue weighted by molar-refractivity contribution is 7.71. The Balaban J connectivity index is 2.60. The number of anilines is 1. The van der Waals surface area contributed by atoms with E-state index in [1.54, 1.807) is 0 Å². The summed E-state index contributed by atoms with van der Waals surface area (Å²) in [5.74, 6) is 0. The predicted octanol–water partition coefficient (Wildman–Crippen LogP) is 4.06. The van der Waals surface area contributed by atoms with E-state index >= 15 is 0 Å². The monoisotopic (exact) mass is 328 g/mol. The molecule has 0 saturated heterocycles. The zero-order chi connectivity index (χ0) is 17.0. The van der Waals surface area contributed by atoms with Crippen molar-refractivity contribution in [2.75, 3.05) is 32.6 Å². The maximum absolute atomic E-state index is 2.53. The highest BCUT2D eigenvalue weighted by Crippen LogP contribution is 2.40. The minimum Gasteiger partial charge on any atom is -0.377 e. The van der Waals surface area contributed by atoms with Crippen LogP contribution in [0.4, 0.5) is 5.69 Å². The molecule has 0 saturated carbocycles. The highest BCUT2D eigenvalue weighted by atomic mass is 31.1. The first-order valence-electron chi connectivity index (χ1n) is 8.30. The smallest absolute Gasteiger partial charge is 0.0455 e. The summed E-state index contributed by atoms with van der Waals surface area (Å²) >= 11 is 0. The topological polar surface area (TPSA) is 6.48 Å². The largest absolute Gasteiger partial charge is 0.377 e. The molecular formula is C20H29N2P. The highest BCUT2D eigenvalue weighted by Gasteiger charge is 2.22. The quantitative estimate of drug-likeness (QED) is 0.738. The molecule has 0 N–H and O–H groups in total. The molecule has 2 nitrogen and oxygen atoms in total. The summed E-state index contributed by atoms with van der Waals surface area (Å²) < 4.78 is 2.53. The standard InChI is InChI=1S/C20H29N2P/c1-7-13-22(6)23(18-10-8-9-16(2)14-18)20-15-17(3)11-12-19(20)21(4)5/h8-12,14-15H,7,13H2,1-6H3. The van der Waals surface area contributed by atoms with Crippen molar-refractivity contribution in [3.63, 3.8) is 0 Å². The summed E-state index contributed by atoms with van der Waals surface area (Å²) in [7, 11) is 6.02. The maximum atomic E-state index is 2.53. The molecule has 2 rings (SSSR count). The van der Waals surface area contributed by atoms with Crippen LogP contribution in [0.15, 0.2) is 42.5 Å². The summed E-state index contributed by atoms with van der Waals surface area (Å²) in [5.41, 5.74) is 3.99. The van der Waals surface area contributed by atoms with Gasteiger partial charge in [0.05, 0.1) is 0 Å². The van der Waals surface area contributed by atoms with Gasteiger partial charge in [-0.2, -0.15) is 0 Å². The van der Waals surface area contributed by atoms with E-state index in [4.69, 9.17) is 0 Å². The van der Waals surface area contributed by atoms with E-state index in [-0.39, 0.29) is 0 Å². The molecule has 1 atom stereocenters. The molecule has 0 bridgehead atoms. The Hall–Kier alpha value is -1.37. The van der Waals surface area contributed by atoms with E-state index in [9.17, 15) is 0 Å². The third kappa shape index (κ3) is 4.34. The lowest BCUT2D eigenvalue weighted by atomic mass is 10.2. The van der Waals surface area contributed by atoms with Crippen molar-refractivity contribution in [2.24, 2.45) is 0 Å². The lowest BCUT2D eigenvalue weighted by molar-refractivity contribution is 0.549. The molecule has 23 heavy (non-hydrogen) atoms. The molecule has 0 fully saturated rings. The molecule has 0 heterocycles. The molecule has 0 aliphatic rings. The second-order valence-electron chi connectivity index (χ2n) is 6.42.